The van der Waals surface area contributed by atoms with Crippen molar-refractivity contribution in [2.75, 3.05) is 17.8 Å². The summed E-state index contributed by atoms with van der Waals surface area (Å²) in [5, 5.41) is 1.96. The summed E-state index contributed by atoms with van der Waals surface area (Å²) in [4.78, 5) is 4.50. The first-order valence-corrected chi connectivity index (χ1v) is 7.49. The van der Waals surface area contributed by atoms with Crippen molar-refractivity contribution >= 4 is 31.9 Å². The molecule has 90 valence electrons. The van der Waals surface area contributed by atoms with Crippen LogP contribution in [0, 0.1) is 19.8 Å². The molecule has 0 aliphatic heterocycles. The molecule has 1 aromatic heterocycles. The Morgan fingerprint density at radius 1 is 1.31 bits per heavy atom. The summed E-state index contributed by atoms with van der Waals surface area (Å²) in [6.07, 6.45) is 2.86. The SMILES string of the molecule is COc1c(C)cnc(CC(CBr)CBr)c1C. The third kappa shape index (κ3) is 3.20. The Balaban J connectivity index is 2.97. The van der Waals surface area contributed by atoms with E-state index in [-0.39, 0.29) is 0 Å². The smallest absolute Gasteiger partial charge is 0.128 e. The molecule has 0 spiro atoms. The minimum absolute atomic E-state index is 0.568. The maximum atomic E-state index is 5.40. The van der Waals surface area contributed by atoms with Gasteiger partial charge in [0.2, 0.25) is 0 Å². The Kier molecular flexibility index (Phi) is 5.76. The molecule has 0 aliphatic carbocycles. The van der Waals surface area contributed by atoms with Gasteiger partial charge in [0.1, 0.15) is 5.75 Å². The zero-order chi connectivity index (χ0) is 12.1. The van der Waals surface area contributed by atoms with E-state index in [1.807, 2.05) is 13.1 Å². The molecule has 0 saturated carbocycles. The number of aryl methyl sites for hydroxylation is 1. The van der Waals surface area contributed by atoms with Crippen molar-refractivity contribution in [1.29, 1.82) is 0 Å². The fourth-order valence-electron chi connectivity index (χ4n) is 1.70. The second-order valence-electron chi connectivity index (χ2n) is 3.92. The first-order valence-electron chi connectivity index (χ1n) is 5.25. The summed E-state index contributed by atoms with van der Waals surface area (Å²) in [5.74, 6) is 1.53. The van der Waals surface area contributed by atoms with Crippen LogP contribution in [0.5, 0.6) is 5.75 Å². The van der Waals surface area contributed by atoms with Crippen molar-refractivity contribution in [3.05, 3.63) is 23.0 Å². The number of hydrogen-bond acceptors (Lipinski definition) is 2. The summed E-state index contributed by atoms with van der Waals surface area (Å²) in [7, 11) is 1.71. The Hall–Kier alpha value is -0.0900. The molecule has 2 nitrogen and oxygen atoms in total. The maximum Gasteiger partial charge on any atom is 0.128 e. The predicted octanol–water partition coefficient (Wildman–Crippen LogP) is 3.66. The average molecular weight is 351 g/mol. The number of aromatic nitrogens is 1. The van der Waals surface area contributed by atoms with E-state index in [2.05, 4.69) is 43.8 Å². The molecular formula is C12H17Br2NO. The van der Waals surface area contributed by atoms with E-state index in [0.717, 1.165) is 39.7 Å². The lowest BCUT2D eigenvalue weighted by Gasteiger charge is -2.15. The monoisotopic (exact) mass is 349 g/mol. The lowest BCUT2D eigenvalue weighted by Crippen LogP contribution is -2.11. The quantitative estimate of drug-likeness (QED) is 0.756. The van der Waals surface area contributed by atoms with Crippen LogP contribution in [0.25, 0.3) is 0 Å². The average Bonchev–Trinajstić information content (AvgIpc) is 2.29. The predicted molar refractivity (Wildman–Crippen MR) is 75.0 cm³/mol. The second kappa shape index (κ2) is 6.60. The highest BCUT2D eigenvalue weighted by atomic mass is 79.9. The van der Waals surface area contributed by atoms with Gasteiger partial charge in [-0.3, -0.25) is 4.98 Å². The Labute approximate surface area is 114 Å². The molecule has 0 unspecified atom stereocenters. The summed E-state index contributed by atoms with van der Waals surface area (Å²) in [6, 6.07) is 0. The van der Waals surface area contributed by atoms with Crippen LogP contribution in [0.1, 0.15) is 16.8 Å². The van der Waals surface area contributed by atoms with Crippen LogP contribution >= 0.6 is 31.9 Å². The molecule has 0 fully saturated rings. The van der Waals surface area contributed by atoms with Gasteiger partial charge in [0.15, 0.2) is 0 Å². The van der Waals surface area contributed by atoms with E-state index in [0.29, 0.717) is 5.92 Å². The number of hydrogen-bond donors (Lipinski definition) is 0. The standard InChI is InChI=1S/C12H17Br2NO/c1-8-7-15-11(4-10(5-13)6-14)9(2)12(8)16-3/h7,10H,4-6H2,1-3H3. The van der Waals surface area contributed by atoms with Gasteiger partial charge in [-0.2, -0.15) is 0 Å². The van der Waals surface area contributed by atoms with Gasteiger partial charge in [-0.1, -0.05) is 31.9 Å². The molecule has 1 aromatic rings. The van der Waals surface area contributed by atoms with Crippen molar-refractivity contribution in [3.63, 3.8) is 0 Å². The van der Waals surface area contributed by atoms with E-state index in [1.54, 1.807) is 7.11 Å². The van der Waals surface area contributed by atoms with Gasteiger partial charge in [-0.25, -0.2) is 0 Å². The van der Waals surface area contributed by atoms with Gasteiger partial charge in [0, 0.05) is 33.7 Å². The van der Waals surface area contributed by atoms with Crippen molar-refractivity contribution in [3.8, 4) is 5.75 Å². The van der Waals surface area contributed by atoms with Gasteiger partial charge in [0.25, 0.3) is 0 Å². The van der Waals surface area contributed by atoms with Crippen molar-refractivity contribution < 1.29 is 4.74 Å². The number of alkyl halides is 2. The van der Waals surface area contributed by atoms with Crippen molar-refractivity contribution in [2.45, 2.75) is 20.3 Å². The zero-order valence-corrected chi connectivity index (χ0v) is 13.1. The van der Waals surface area contributed by atoms with E-state index in [4.69, 9.17) is 4.74 Å². The molecule has 1 rings (SSSR count). The third-order valence-corrected chi connectivity index (χ3v) is 4.50. The molecule has 16 heavy (non-hydrogen) atoms. The number of rotatable bonds is 5. The molecule has 0 amide bonds. The van der Waals surface area contributed by atoms with Crippen LogP contribution in [-0.4, -0.2) is 22.8 Å². The molecule has 1 heterocycles. The summed E-state index contributed by atoms with van der Waals surface area (Å²) in [5.41, 5.74) is 3.39. The minimum Gasteiger partial charge on any atom is -0.496 e. The maximum absolute atomic E-state index is 5.40. The van der Waals surface area contributed by atoms with E-state index in [9.17, 15) is 0 Å². The summed E-state index contributed by atoms with van der Waals surface area (Å²) >= 11 is 7.04. The number of pyridine rings is 1. The molecule has 0 saturated heterocycles. The van der Waals surface area contributed by atoms with E-state index < -0.39 is 0 Å². The Bertz CT molecular complexity index is 351. The molecule has 0 bridgehead atoms. The van der Waals surface area contributed by atoms with Crippen LogP contribution in [-0.2, 0) is 6.42 Å². The first kappa shape index (κ1) is 14.0. The number of nitrogens with zero attached hydrogens (tertiary/aromatic N) is 1. The van der Waals surface area contributed by atoms with Gasteiger partial charge >= 0.3 is 0 Å². The van der Waals surface area contributed by atoms with Crippen LogP contribution < -0.4 is 4.74 Å². The zero-order valence-electron chi connectivity index (χ0n) is 9.89. The third-order valence-electron chi connectivity index (χ3n) is 2.67. The first-order chi connectivity index (χ1) is 7.63. The number of methoxy groups -OCH3 is 1. The minimum atomic E-state index is 0.568. The van der Waals surface area contributed by atoms with Crippen LogP contribution in [0.15, 0.2) is 6.20 Å². The lowest BCUT2D eigenvalue weighted by atomic mass is 10.0. The van der Waals surface area contributed by atoms with Crippen molar-refractivity contribution in [2.24, 2.45) is 5.92 Å². The number of ether oxygens (including phenoxy) is 1. The highest BCUT2D eigenvalue weighted by Gasteiger charge is 2.13. The Morgan fingerprint density at radius 2 is 1.94 bits per heavy atom. The van der Waals surface area contributed by atoms with Gasteiger partial charge in [-0.15, -0.1) is 0 Å². The summed E-state index contributed by atoms with van der Waals surface area (Å²) in [6.45, 7) is 4.10. The van der Waals surface area contributed by atoms with Gasteiger partial charge in [0.05, 0.1) is 7.11 Å². The largest absolute Gasteiger partial charge is 0.496 e. The normalized spacial score (nSPS) is 10.9. The highest BCUT2D eigenvalue weighted by Crippen LogP contribution is 2.26. The van der Waals surface area contributed by atoms with Gasteiger partial charge in [-0.05, 0) is 26.2 Å². The summed E-state index contributed by atoms with van der Waals surface area (Å²) < 4.78 is 5.40. The van der Waals surface area contributed by atoms with Crippen molar-refractivity contribution in [1.82, 2.24) is 4.98 Å². The molecule has 0 aliphatic rings. The topological polar surface area (TPSA) is 22.1 Å². The van der Waals surface area contributed by atoms with Crippen LogP contribution in [0.2, 0.25) is 0 Å². The Morgan fingerprint density at radius 3 is 2.44 bits per heavy atom. The van der Waals surface area contributed by atoms with E-state index in [1.165, 1.54) is 0 Å². The molecular weight excluding hydrogens is 334 g/mol. The van der Waals surface area contributed by atoms with Crippen LogP contribution in [0.4, 0.5) is 0 Å². The molecule has 0 radical (unpaired) electrons. The second-order valence-corrected chi connectivity index (χ2v) is 5.22. The fraction of sp³-hybridized carbons (Fsp3) is 0.583. The van der Waals surface area contributed by atoms with E-state index >= 15 is 0 Å². The highest BCUT2D eigenvalue weighted by molar-refractivity contribution is 9.09. The fourth-order valence-corrected chi connectivity index (χ4v) is 3.23. The molecule has 0 atom stereocenters. The van der Waals surface area contributed by atoms with Crippen LogP contribution in [0.3, 0.4) is 0 Å². The molecule has 4 heteroatoms. The molecule has 0 aromatic carbocycles. The van der Waals surface area contributed by atoms with Gasteiger partial charge < -0.3 is 4.74 Å². The lowest BCUT2D eigenvalue weighted by molar-refractivity contribution is 0.406. The number of halogens is 2. The molecule has 0 N–H and O–H groups in total.